The van der Waals surface area contributed by atoms with E-state index in [4.69, 9.17) is 9.97 Å². The zero-order valence-electron chi connectivity index (χ0n) is 21.1. The van der Waals surface area contributed by atoms with Crippen molar-refractivity contribution in [1.82, 2.24) is 9.97 Å². The molecule has 9 rings (SSSR count). The molecule has 1 aliphatic rings. The van der Waals surface area contributed by atoms with Crippen LogP contribution in [0.15, 0.2) is 122 Å². The molecule has 2 nitrogen and oxygen atoms in total. The average molecular weight is 495 g/mol. The van der Waals surface area contributed by atoms with E-state index in [1.165, 1.54) is 71.1 Å². The van der Waals surface area contributed by atoms with Crippen LogP contribution in [0, 0.1) is 0 Å². The molecule has 0 amide bonds. The number of hydrogen-bond donors (Lipinski definition) is 0. The Morgan fingerprint density at radius 3 is 1.79 bits per heavy atom. The smallest absolute Gasteiger partial charge is 0.0784 e. The monoisotopic (exact) mass is 494 g/mol. The molecule has 0 spiro atoms. The average Bonchev–Trinajstić information content (AvgIpc) is 3.41. The first-order valence-electron chi connectivity index (χ1n) is 13.5. The second-order valence-electron chi connectivity index (χ2n) is 10.6. The number of pyridine rings is 2. The maximum atomic E-state index is 4.89. The Morgan fingerprint density at radius 1 is 0.462 bits per heavy atom. The molecule has 0 saturated carbocycles. The summed E-state index contributed by atoms with van der Waals surface area (Å²) in [6.07, 6.45) is 4.69. The molecule has 0 unspecified atom stereocenters. The minimum absolute atomic E-state index is 0.884. The minimum Gasteiger partial charge on any atom is -0.256 e. The van der Waals surface area contributed by atoms with Gasteiger partial charge in [0.2, 0.25) is 0 Å². The highest BCUT2D eigenvalue weighted by atomic mass is 14.7. The van der Waals surface area contributed by atoms with Crippen LogP contribution in [0.1, 0.15) is 11.1 Å². The van der Waals surface area contributed by atoms with Crippen LogP contribution in [-0.2, 0) is 6.42 Å². The quantitative estimate of drug-likeness (QED) is 0.212. The Kier molecular flexibility index (Phi) is 4.14. The first-order chi connectivity index (χ1) is 19.3. The van der Waals surface area contributed by atoms with E-state index in [-0.39, 0.29) is 0 Å². The molecule has 0 aliphatic heterocycles. The van der Waals surface area contributed by atoms with E-state index < -0.39 is 0 Å². The van der Waals surface area contributed by atoms with Crippen LogP contribution in [0.3, 0.4) is 0 Å². The molecule has 0 N–H and O–H groups in total. The van der Waals surface area contributed by atoms with Crippen LogP contribution in [-0.4, -0.2) is 9.97 Å². The third kappa shape index (κ3) is 2.86. The molecule has 2 heteroatoms. The number of rotatable bonds is 1. The summed E-state index contributed by atoms with van der Waals surface area (Å²) in [7, 11) is 0. The zero-order chi connectivity index (χ0) is 25.5. The normalized spacial score (nSPS) is 12.5. The maximum Gasteiger partial charge on any atom is 0.0784 e. The molecule has 6 aromatic carbocycles. The van der Waals surface area contributed by atoms with Crippen molar-refractivity contribution in [3.8, 4) is 22.3 Å². The van der Waals surface area contributed by atoms with Crippen molar-refractivity contribution in [3.63, 3.8) is 0 Å². The number of benzene rings is 6. The van der Waals surface area contributed by atoms with Gasteiger partial charge >= 0.3 is 0 Å². The Hall–Kier alpha value is -5.08. The number of nitrogens with zero attached hydrogens (tertiary/aromatic N) is 2. The SMILES string of the molecule is c1cnc2c3c(ccc2c1)Cc1c(-c2ccc4c5ccccc5c5ccccc5c4c2)cc2cccnc2c1-3. The molecular formula is C37H22N2. The first kappa shape index (κ1) is 20.9. The lowest BCUT2D eigenvalue weighted by Crippen LogP contribution is -1.93. The predicted octanol–water partition coefficient (Wildman–Crippen LogP) is 9.48. The van der Waals surface area contributed by atoms with Crippen molar-refractivity contribution in [2.75, 3.05) is 0 Å². The molecular weight excluding hydrogens is 472 g/mol. The van der Waals surface area contributed by atoms with Gasteiger partial charge in [0.05, 0.1) is 11.0 Å². The second kappa shape index (κ2) is 7.72. The molecule has 1 aliphatic carbocycles. The van der Waals surface area contributed by atoms with Gasteiger partial charge in [0, 0.05) is 34.3 Å². The minimum atomic E-state index is 0.884. The molecule has 180 valence electrons. The Morgan fingerprint density at radius 2 is 1.08 bits per heavy atom. The number of fused-ring (bicyclic) bond motifs is 13. The number of aromatic nitrogens is 2. The Bertz CT molecular complexity index is 2280. The standard InChI is InChI=1S/C37H22N2/c1-2-11-28-26(9-1)27-10-3-4-12-29(27)32-19-23(15-16-30(28)32)31-21-25-8-6-18-39-37(25)35-33(31)20-24-14-13-22-7-5-17-38-36(22)34(24)35/h1-19,21H,20H2. The van der Waals surface area contributed by atoms with Crippen LogP contribution in [0.2, 0.25) is 0 Å². The summed E-state index contributed by atoms with van der Waals surface area (Å²) in [5, 5.41) is 10.1. The molecule has 0 atom stereocenters. The van der Waals surface area contributed by atoms with Gasteiger partial charge in [0.15, 0.2) is 0 Å². The van der Waals surface area contributed by atoms with Crippen molar-refractivity contribution in [1.29, 1.82) is 0 Å². The fraction of sp³-hybridized carbons (Fsp3) is 0.0270. The Labute approximate surface area is 225 Å². The predicted molar refractivity (Wildman–Crippen MR) is 163 cm³/mol. The fourth-order valence-electron chi connectivity index (χ4n) is 6.85. The van der Waals surface area contributed by atoms with E-state index in [0.29, 0.717) is 0 Å². The molecule has 2 heterocycles. The lowest BCUT2D eigenvalue weighted by atomic mass is 9.89. The lowest BCUT2D eigenvalue weighted by molar-refractivity contribution is 1.26. The summed E-state index contributed by atoms with van der Waals surface area (Å²) in [5.74, 6) is 0. The van der Waals surface area contributed by atoms with Crippen molar-refractivity contribution < 1.29 is 0 Å². The van der Waals surface area contributed by atoms with Gasteiger partial charge in [-0.05, 0) is 85.3 Å². The van der Waals surface area contributed by atoms with E-state index in [2.05, 4.69) is 97.1 Å². The van der Waals surface area contributed by atoms with E-state index >= 15 is 0 Å². The molecule has 0 radical (unpaired) electrons. The van der Waals surface area contributed by atoms with E-state index in [9.17, 15) is 0 Å². The third-order valence-corrected chi connectivity index (χ3v) is 8.54. The topological polar surface area (TPSA) is 25.8 Å². The van der Waals surface area contributed by atoms with E-state index in [1.807, 2.05) is 24.5 Å². The van der Waals surface area contributed by atoms with Gasteiger partial charge in [0.1, 0.15) is 0 Å². The summed E-state index contributed by atoms with van der Waals surface area (Å²) in [4.78, 5) is 9.73. The van der Waals surface area contributed by atoms with Gasteiger partial charge in [-0.3, -0.25) is 9.97 Å². The molecule has 0 fully saturated rings. The summed E-state index contributed by atoms with van der Waals surface area (Å²) in [5.41, 5.74) is 9.81. The van der Waals surface area contributed by atoms with Gasteiger partial charge in [0.25, 0.3) is 0 Å². The highest BCUT2D eigenvalue weighted by Crippen LogP contribution is 2.48. The van der Waals surface area contributed by atoms with Crippen molar-refractivity contribution in [2.24, 2.45) is 0 Å². The van der Waals surface area contributed by atoms with Crippen molar-refractivity contribution in [2.45, 2.75) is 6.42 Å². The molecule has 0 bridgehead atoms. The van der Waals surface area contributed by atoms with Crippen LogP contribution >= 0.6 is 0 Å². The van der Waals surface area contributed by atoms with Crippen LogP contribution in [0.25, 0.3) is 76.4 Å². The van der Waals surface area contributed by atoms with Gasteiger partial charge in [-0.2, -0.15) is 0 Å². The molecule has 8 aromatic rings. The van der Waals surface area contributed by atoms with Gasteiger partial charge in [-0.15, -0.1) is 0 Å². The first-order valence-corrected chi connectivity index (χ1v) is 13.5. The zero-order valence-corrected chi connectivity index (χ0v) is 21.1. The van der Waals surface area contributed by atoms with Gasteiger partial charge < -0.3 is 0 Å². The summed E-state index contributed by atoms with van der Waals surface area (Å²) >= 11 is 0. The molecule has 0 saturated heterocycles. The van der Waals surface area contributed by atoms with E-state index in [1.54, 1.807) is 0 Å². The largest absolute Gasteiger partial charge is 0.256 e. The second-order valence-corrected chi connectivity index (χ2v) is 10.6. The lowest BCUT2D eigenvalue weighted by Gasteiger charge is -2.15. The van der Waals surface area contributed by atoms with E-state index in [0.717, 1.165) is 22.8 Å². The van der Waals surface area contributed by atoms with Crippen molar-refractivity contribution >= 4 is 54.1 Å². The highest BCUT2D eigenvalue weighted by Gasteiger charge is 2.27. The highest BCUT2D eigenvalue weighted by molar-refractivity contribution is 6.26. The Balaban J connectivity index is 1.39. The number of hydrogen-bond acceptors (Lipinski definition) is 2. The summed E-state index contributed by atoms with van der Waals surface area (Å²) in [6.45, 7) is 0. The fourth-order valence-corrected chi connectivity index (χ4v) is 6.85. The van der Waals surface area contributed by atoms with Crippen LogP contribution in [0.5, 0.6) is 0 Å². The van der Waals surface area contributed by atoms with Crippen LogP contribution in [0.4, 0.5) is 0 Å². The molecule has 39 heavy (non-hydrogen) atoms. The maximum absolute atomic E-state index is 4.89. The molecule has 2 aromatic heterocycles. The third-order valence-electron chi connectivity index (χ3n) is 8.54. The van der Waals surface area contributed by atoms with Crippen LogP contribution < -0.4 is 0 Å². The van der Waals surface area contributed by atoms with Gasteiger partial charge in [-0.25, -0.2) is 0 Å². The van der Waals surface area contributed by atoms with Crippen molar-refractivity contribution in [3.05, 3.63) is 133 Å². The summed E-state index contributed by atoms with van der Waals surface area (Å²) in [6, 6.07) is 39.8. The van der Waals surface area contributed by atoms with Gasteiger partial charge in [-0.1, -0.05) is 84.9 Å². The summed E-state index contributed by atoms with van der Waals surface area (Å²) < 4.78 is 0.